The van der Waals surface area contributed by atoms with Crippen molar-refractivity contribution in [1.29, 1.82) is 0 Å². The Kier molecular flexibility index (Phi) is 5.19. The lowest BCUT2D eigenvalue weighted by molar-refractivity contribution is 0.145. The van der Waals surface area contributed by atoms with Crippen LogP contribution in [-0.2, 0) is 12.1 Å². The minimum absolute atomic E-state index is 0.211. The third kappa shape index (κ3) is 3.20. The first-order chi connectivity index (χ1) is 14.4. The molecule has 0 amide bonds. The van der Waals surface area contributed by atoms with Gasteiger partial charge in [-0.2, -0.15) is 0 Å². The molecule has 1 aromatic heterocycles. The quantitative estimate of drug-likeness (QED) is 0.543. The standard InChI is InChI=1S/C26H32N4/c1-7-17-30-20(3)28(6)25-23(26(30,4)5)29(18-21-14-9-8-10-15-21)24(27-25)22-16-12-11-13-19(22)2/h8-16H,3,7,17-18H2,1-2,4-6H3. The average Bonchev–Trinajstić information content (AvgIpc) is 3.11. The van der Waals surface area contributed by atoms with Crippen LogP contribution in [0.15, 0.2) is 67.0 Å². The summed E-state index contributed by atoms with van der Waals surface area (Å²) in [6.45, 7) is 15.1. The van der Waals surface area contributed by atoms with Gasteiger partial charge in [0.2, 0.25) is 0 Å². The van der Waals surface area contributed by atoms with Crippen LogP contribution in [0, 0.1) is 6.92 Å². The van der Waals surface area contributed by atoms with E-state index in [0.29, 0.717) is 0 Å². The summed E-state index contributed by atoms with van der Waals surface area (Å²) < 4.78 is 2.42. The zero-order valence-electron chi connectivity index (χ0n) is 18.8. The molecule has 3 aromatic rings. The molecule has 0 radical (unpaired) electrons. The average molecular weight is 401 g/mol. The zero-order valence-corrected chi connectivity index (χ0v) is 18.8. The fourth-order valence-corrected chi connectivity index (χ4v) is 4.61. The Morgan fingerprint density at radius 3 is 2.33 bits per heavy atom. The SMILES string of the molecule is C=C1N(C)c2nc(-c3ccccc3C)n(Cc3ccccc3)c2C(C)(C)N1CCC. The lowest BCUT2D eigenvalue weighted by Crippen LogP contribution is -2.50. The highest BCUT2D eigenvalue weighted by atomic mass is 15.4. The third-order valence-electron chi connectivity index (χ3n) is 6.24. The highest BCUT2D eigenvalue weighted by molar-refractivity contribution is 5.68. The summed E-state index contributed by atoms with van der Waals surface area (Å²) in [5, 5.41) is 0. The molecule has 0 bridgehead atoms. The Labute approximate surface area is 180 Å². The lowest BCUT2D eigenvalue weighted by atomic mass is 9.94. The molecule has 0 aliphatic carbocycles. The smallest absolute Gasteiger partial charge is 0.158 e. The monoisotopic (exact) mass is 400 g/mol. The van der Waals surface area contributed by atoms with E-state index in [0.717, 1.165) is 37.0 Å². The molecule has 0 saturated heterocycles. The van der Waals surface area contributed by atoms with Gasteiger partial charge in [0, 0.05) is 25.7 Å². The Bertz CT molecular complexity index is 1060. The maximum Gasteiger partial charge on any atom is 0.158 e. The highest BCUT2D eigenvalue weighted by Gasteiger charge is 2.43. The molecule has 156 valence electrons. The van der Waals surface area contributed by atoms with Gasteiger partial charge >= 0.3 is 0 Å². The molecule has 2 aromatic carbocycles. The second kappa shape index (κ2) is 7.67. The molecule has 4 rings (SSSR count). The molecule has 4 heteroatoms. The molecule has 0 saturated carbocycles. The Balaban J connectivity index is 1.98. The Hall–Kier alpha value is -3.01. The van der Waals surface area contributed by atoms with E-state index in [2.05, 4.69) is 110 Å². The lowest BCUT2D eigenvalue weighted by Gasteiger charge is -2.48. The van der Waals surface area contributed by atoms with Crippen molar-refractivity contribution >= 4 is 5.82 Å². The number of benzene rings is 2. The first-order valence-corrected chi connectivity index (χ1v) is 10.8. The molecule has 1 aliphatic heterocycles. The van der Waals surface area contributed by atoms with E-state index < -0.39 is 0 Å². The molecule has 0 unspecified atom stereocenters. The molecule has 0 N–H and O–H groups in total. The number of fused-ring (bicyclic) bond motifs is 1. The van der Waals surface area contributed by atoms with E-state index >= 15 is 0 Å². The van der Waals surface area contributed by atoms with Gasteiger partial charge < -0.3 is 14.4 Å². The van der Waals surface area contributed by atoms with E-state index in [1.54, 1.807) is 0 Å². The fraction of sp³-hybridized carbons (Fsp3) is 0.346. The van der Waals surface area contributed by atoms with Crippen LogP contribution in [-0.4, -0.2) is 28.0 Å². The number of hydrogen-bond donors (Lipinski definition) is 0. The number of nitrogens with zero attached hydrogens (tertiary/aromatic N) is 4. The molecule has 0 spiro atoms. The molecule has 30 heavy (non-hydrogen) atoms. The van der Waals surface area contributed by atoms with Gasteiger partial charge in [-0.05, 0) is 38.3 Å². The molecule has 0 fully saturated rings. The van der Waals surface area contributed by atoms with Crippen molar-refractivity contribution in [3.05, 3.63) is 83.8 Å². The van der Waals surface area contributed by atoms with Crippen molar-refractivity contribution in [1.82, 2.24) is 14.5 Å². The number of hydrogen-bond acceptors (Lipinski definition) is 3. The van der Waals surface area contributed by atoms with Crippen molar-refractivity contribution in [3.63, 3.8) is 0 Å². The molecular formula is C26H32N4. The summed E-state index contributed by atoms with van der Waals surface area (Å²) in [4.78, 5) is 9.77. The van der Waals surface area contributed by atoms with Crippen molar-refractivity contribution in [2.45, 2.75) is 46.2 Å². The number of aromatic nitrogens is 2. The van der Waals surface area contributed by atoms with Crippen LogP contribution in [0.2, 0.25) is 0 Å². The first kappa shape index (κ1) is 20.3. The summed E-state index contributed by atoms with van der Waals surface area (Å²) in [5.74, 6) is 3.04. The molecule has 4 nitrogen and oxygen atoms in total. The first-order valence-electron chi connectivity index (χ1n) is 10.8. The van der Waals surface area contributed by atoms with E-state index in [4.69, 9.17) is 4.98 Å². The minimum Gasteiger partial charge on any atom is -0.348 e. The van der Waals surface area contributed by atoms with Crippen molar-refractivity contribution in [2.75, 3.05) is 18.5 Å². The minimum atomic E-state index is -0.211. The summed E-state index contributed by atoms with van der Waals surface area (Å²) in [7, 11) is 2.08. The molecule has 0 atom stereocenters. The van der Waals surface area contributed by atoms with Gasteiger partial charge in [-0.3, -0.25) is 0 Å². The van der Waals surface area contributed by atoms with Crippen LogP contribution in [0.5, 0.6) is 0 Å². The van der Waals surface area contributed by atoms with Crippen LogP contribution in [0.1, 0.15) is 44.0 Å². The Morgan fingerprint density at radius 1 is 1.00 bits per heavy atom. The topological polar surface area (TPSA) is 24.3 Å². The van der Waals surface area contributed by atoms with Gasteiger partial charge in [0.1, 0.15) is 11.6 Å². The number of aryl methyl sites for hydroxylation is 1. The summed E-state index contributed by atoms with van der Waals surface area (Å²) >= 11 is 0. The van der Waals surface area contributed by atoms with E-state index in [9.17, 15) is 0 Å². The maximum absolute atomic E-state index is 5.20. The van der Waals surface area contributed by atoms with Crippen LogP contribution < -0.4 is 4.90 Å². The highest BCUT2D eigenvalue weighted by Crippen LogP contribution is 2.45. The summed E-state index contributed by atoms with van der Waals surface area (Å²) in [6.07, 6.45) is 1.07. The molecule has 2 heterocycles. The maximum atomic E-state index is 5.20. The zero-order chi connectivity index (χ0) is 21.5. The summed E-state index contributed by atoms with van der Waals surface area (Å²) in [5.41, 5.74) is 4.72. The van der Waals surface area contributed by atoms with Crippen molar-refractivity contribution in [2.24, 2.45) is 0 Å². The predicted molar refractivity (Wildman–Crippen MR) is 126 cm³/mol. The van der Waals surface area contributed by atoms with Gasteiger partial charge in [-0.1, -0.05) is 68.1 Å². The van der Waals surface area contributed by atoms with Crippen molar-refractivity contribution in [3.8, 4) is 11.4 Å². The largest absolute Gasteiger partial charge is 0.348 e. The van der Waals surface area contributed by atoms with Crippen LogP contribution in [0.3, 0.4) is 0 Å². The fourth-order valence-electron chi connectivity index (χ4n) is 4.61. The molecular weight excluding hydrogens is 368 g/mol. The number of rotatable bonds is 5. The normalized spacial score (nSPS) is 15.4. The van der Waals surface area contributed by atoms with E-state index in [-0.39, 0.29) is 5.54 Å². The van der Waals surface area contributed by atoms with Gasteiger partial charge in [0.15, 0.2) is 5.82 Å². The van der Waals surface area contributed by atoms with E-state index in [1.807, 2.05) is 0 Å². The number of anilines is 1. The van der Waals surface area contributed by atoms with Crippen LogP contribution in [0.25, 0.3) is 11.4 Å². The van der Waals surface area contributed by atoms with Crippen molar-refractivity contribution < 1.29 is 0 Å². The van der Waals surface area contributed by atoms with Gasteiger partial charge in [-0.25, -0.2) is 4.98 Å². The summed E-state index contributed by atoms with van der Waals surface area (Å²) in [6, 6.07) is 19.2. The van der Waals surface area contributed by atoms with Crippen LogP contribution in [0.4, 0.5) is 5.82 Å². The molecule has 1 aliphatic rings. The van der Waals surface area contributed by atoms with Crippen LogP contribution >= 0.6 is 0 Å². The van der Waals surface area contributed by atoms with Gasteiger partial charge in [-0.15, -0.1) is 0 Å². The second-order valence-electron chi connectivity index (χ2n) is 8.68. The van der Waals surface area contributed by atoms with Gasteiger partial charge in [0.05, 0.1) is 11.2 Å². The third-order valence-corrected chi connectivity index (χ3v) is 6.24. The Morgan fingerprint density at radius 2 is 1.67 bits per heavy atom. The number of imidazole rings is 1. The second-order valence-corrected chi connectivity index (χ2v) is 8.68. The van der Waals surface area contributed by atoms with E-state index in [1.165, 1.54) is 22.4 Å². The predicted octanol–water partition coefficient (Wildman–Crippen LogP) is 5.77. The van der Waals surface area contributed by atoms with Gasteiger partial charge in [0.25, 0.3) is 0 Å².